The van der Waals surface area contributed by atoms with Gasteiger partial charge in [-0.25, -0.2) is 13.1 Å². The molecule has 0 spiro atoms. The molecule has 0 bridgehead atoms. The summed E-state index contributed by atoms with van der Waals surface area (Å²) < 4.78 is 25.6. The fraction of sp³-hybridized carbons (Fsp3) is 0.200. The van der Waals surface area contributed by atoms with Crippen LogP contribution in [0.2, 0.25) is 0 Å². The lowest BCUT2D eigenvalue weighted by Crippen LogP contribution is -2.25. The average Bonchev–Trinajstić information content (AvgIpc) is 2.16. The largest absolute Gasteiger partial charge is 0.240 e. The quantitative estimate of drug-likeness (QED) is 0.768. The fourth-order valence-electron chi connectivity index (χ4n) is 0.901. The Morgan fingerprint density at radius 3 is 2.43 bits per heavy atom. The number of rotatable bonds is 4. The normalized spacial score (nSPS) is 11.2. The zero-order chi connectivity index (χ0) is 10.6. The van der Waals surface area contributed by atoms with Crippen LogP contribution in [0.4, 0.5) is 0 Å². The van der Waals surface area contributed by atoms with Crippen molar-refractivity contribution in [1.82, 2.24) is 4.72 Å². The van der Waals surface area contributed by atoms with Gasteiger partial charge in [0.15, 0.2) is 0 Å². The lowest BCUT2D eigenvalue weighted by molar-refractivity contribution is 0.584. The van der Waals surface area contributed by atoms with Gasteiger partial charge in [-0.05, 0) is 19.1 Å². The van der Waals surface area contributed by atoms with E-state index in [0.29, 0.717) is 0 Å². The highest BCUT2D eigenvalue weighted by Gasteiger charge is 2.11. The second kappa shape index (κ2) is 4.39. The molecule has 0 amide bonds. The SMILES string of the molecule is C=C(C)CNS(=O)(=O)c1ccccc1. The van der Waals surface area contributed by atoms with Gasteiger partial charge in [0.2, 0.25) is 10.0 Å². The third-order valence-electron chi connectivity index (χ3n) is 1.62. The topological polar surface area (TPSA) is 46.2 Å². The Labute approximate surface area is 84.5 Å². The summed E-state index contributed by atoms with van der Waals surface area (Å²) in [4.78, 5) is 0.279. The van der Waals surface area contributed by atoms with Crippen LogP contribution in [0.5, 0.6) is 0 Å². The van der Waals surface area contributed by atoms with Crippen molar-refractivity contribution in [3.8, 4) is 0 Å². The molecule has 3 nitrogen and oxygen atoms in total. The summed E-state index contributed by atoms with van der Waals surface area (Å²) in [7, 11) is -3.37. The van der Waals surface area contributed by atoms with Crippen molar-refractivity contribution >= 4 is 10.0 Å². The van der Waals surface area contributed by atoms with Crippen LogP contribution in [0.1, 0.15) is 6.92 Å². The Morgan fingerprint density at radius 2 is 1.93 bits per heavy atom. The Morgan fingerprint density at radius 1 is 1.36 bits per heavy atom. The van der Waals surface area contributed by atoms with Gasteiger partial charge in [-0.15, -0.1) is 0 Å². The van der Waals surface area contributed by atoms with E-state index in [1.807, 2.05) is 0 Å². The van der Waals surface area contributed by atoms with Gasteiger partial charge in [0.25, 0.3) is 0 Å². The van der Waals surface area contributed by atoms with Gasteiger partial charge in [0.1, 0.15) is 0 Å². The summed E-state index contributed by atoms with van der Waals surface area (Å²) in [5, 5.41) is 0. The predicted molar refractivity (Wildman–Crippen MR) is 56.4 cm³/mol. The molecule has 0 fully saturated rings. The molecule has 0 heterocycles. The van der Waals surface area contributed by atoms with Crippen molar-refractivity contribution in [1.29, 1.82) is 0 Å². The third kappa shape index (κ3) is 2.97. The minimum Gasteiger partial charge on any atom is -0.207 e. The first kappa shape index (κ1) is 10.9. The van der Waals surface area contributed by atoms with E-state index >= 15 is 0 Å². The van der Waals surface area contributed by atoms with Gasteiger partial charge in [0, 0.05) is 6.54 Å². The molecule has 14 heavy (non-hydrogen) atoms. The summed E-state index contributed by atoms with van der Waals surface area (Å²) in [6.07, 6.45) is 0. The monoisotopic (exact) mass is 211 g/mol. The summed E-state index contributed by atoms with van der Waals surface area (Å²) in [6, 6.07) is 8.27. The molecule has 0 unspecified atom stereocenters. The van der Waals surface area contributed by atoms with E-state index in [1.165, 1.54) is 0 Å². The van der Waals surface area contributed by atoms with Crippen LogP contribution in [-0.2, 0) is 10.0 Å². The second-order valence-corrected chi connectivity index (χ2v) is 4.86. The van der Waals surface area contributed by atoms with Crippen LogP contribution in [0, 0.1) is 0 Å². The smallest absolute Gasteiger partial charge is 0.207 e. The summed E-state index contributed by atoms with van der Waals surface area (Å²) in [6.45, 7) is 5.67. The van der Waals surface area contributed by atoms with E-state index < -0.39 is 10.0 Å². The molecule has 1 aromatic carbocycles. The van der Waals surface area contributed by atoms with Crippen LogP contribution >= 0.6 is 0 Å². The highest BCUT2D eigenvalue weighted by molar-refractivity contribution is 7.89. The lowest BCUT2D eigenvalue weighted by atomic mass is 10.4. The number of hydrogen-bond donors (Lipinski definition) is 1. The zero-order valence-electron chi connectivity index (χ0n) is 8.03. The van der Waals surface area contributed by atoms with Gasteiger partial charge in [-0.3, -0.25) is 0 Å². The maximum absolute atomic E-state index is 11.6. The number of sulfonamides is 1. The van der Waals surface area contributed by atoms with Crippen LogP contribution in [-0.4, -0.2) is 15.0 Å². The first-order valence-electron chi connectivity index (χ1n) is 4.21. The molecule has 1 rings (SSSR count). The molecule has 0 saturated carbocycles. The van der Waals surface area contributed by atoms with Gasteiger partial charge >= 0.3 is 0 Å². The first-order chi connectivity index (χ1) is 6.52. The lowest BCUT2D eigenvalue weighted by Gasteiger charge is -2.05. The molecule has 0 radical (unpaired) electrons. The maximum Gasteiger partial charge on any atom is 0.240 e. The van der Waals surface area contributed by atoms with Gasteiger partial charge < -0.3 is 0 Å². The molecule has 4 heteroatoms. The molecule has 0 atom stereocenters. The molecular weight excluding hydrogens is 198 g/mol. The van der Waals surface area contributed by atoms with E-state index in [0.717, 1.165) is 5.57 Å². The highest BCUT2D eigenvalue weighted by Crippen LogP contribution is 2.06. The van der Waals surface area contributed by atoms with Crippen LogP contribution in [0.25, 0.3) is 0 Å². The molecule has 0 aromatic heterocycles. The molecular formula is C10H13NO2S. The van der Waals surface area contributed by atoms with E-state index in [2.05, 4.69) is 11.3 Å². The maximum atomic E-state index is 11.6. The Bertz CT molecular complexity index is 409. The Hall–Kier alpha value is -1.13. The first-order valence-corrected chi connectivity index (χ1v) is 5.70. The third-order valence-corrected chi connectivity index (χ3v) is 3.03. The zero-order valence-corrected chi connectivity index (χ0v) is 8.84. The van der Waals surface area contributed by atoms with E-state index in [1.54, 1.807) is 37.3 Å². The van der Waals surface area contributed by atoms with Crippen LogP contribution in [0.3, 0.4) is 0 Å². The van der Waals surface area contributed by atoms with Crippen molar-refractivity contribution in [2.45, 2.75) is 11.8 Å². The molecule has 76 valence electrons. The molecule has 0 aliphatic rings. The van der Waals surface area contributed by atoms with E-state index in [-0.39, 0.29) is 11.4 Å². The van der Waals surface area contributed by atoms with Crippen LogP contribution in [0.15, 0.2) is 47.4 Å². The van der Waals surface area contributed by atoms with Gasteiger partial charge in [0.05, 0.1) is 4.90 Å². The molecule has 0 aliphatic carbocycles. The van der Waals surface area contributed by atoms with Crippen molar-refractivity contribution in [2.24, 2.45) is 0 Å². The predicted octanol–water partition coefficient (Wildman–Crippen LogP) is 1.54. The Balaban J connectivity index is 2.82. The highest BCUT2D eigenvalue weighted by atomic mass is 32.2. The van der Waals surface area contributed by atoms with E-state index in [4.69, 9.17) is 0 Å². The fourth-order valence-corrected chi connectivity index (χ4v) is 2.02. The number of benzene rings is 1. The number of nitrogens with one attached hydrogen (secondary N) is 1. The van der Waals surface area contributed by atoms with Gasteiger partial charge in [-0.2, -0.15) is 0 Å². The van der Waals surface area contributed by atoms with Crippen molar-refractivity contribution in [3.63, 3.8) is 0 Å². The Kier molecular flexibility index (Phi) is 3.43. The summed E-state index contributed by atoms with van der Waals surface area (Å²) in [5.74, 6) is 0. The molecule has 1 N–H and O–H groups in total. The molecule has 1 aromatic rings. The van der Waals surface area contributed by atoms with Crippen LogP contribution < -0.4 is 4.72 Å². The standard InChI is InChI=1S/C10H13NO2S/c1-9(2)8-11-14(12,13)10-6-4-3-5-7-10/h3-7,11H,1,8H2,2H3. The second-order valence-electron chi connectivity index (χ2n) is 3.09. The average molecular weight is 211 g/mol. The molecule has 0 aliphatic heterocycles. The molecule has 0 saturated heterocycles. The summed E-state index contributed by atoms with van der Waals surface area (Å²) in [5.41, 5.74) is 0.782. The van der Waals surface area contributed by atoms with Crippen molar-refractivity contribution < 1.29 is 8.42 Å². The summed E-state index contributed by atoms with van der Waals surface area (Å²) >= 11 is 0. The van der Waals surface area contributed by atoms with Gasteiger partial charge in [-0.1, -0.05) is 30.4 Å². The van der Waals surface area contributed by atoms with E-state index in [9.17, 15) is 8.42 Å². The minimum atomic E-state index is -3.37. The number of hydrogen-bond acceptors (Lipinski definition) is 2. The van der Waals surface area contributed by atoms with Crippen molar-refractivity contribution in [2.75, 3.05) is 6.54 Å². The van der Waals surface area contributed by atoms with Crippen molar-refractivity contribution in [3.05, 3.63) is 42.5 Å². The minimum absolute atomic E-state index is 0.275.